The number of para-hydroxylation sites is 1. The second-order valence-electron chi connectivity index (χ2n) is 5.87. The standard InChI is InChI=1S/C17H25N3/c1-2-18-15-10-5-3-4-6-12-17(15)20-16-11-8-7-9-14(16)13-19-20/h7-9,11,13,15,17-18H,2-6,10,12H2,1H3. The predicted octanol–water partition coefficient (Wildman–Crippen LogP) is 3.91. The molecule has 1 fully saturated rings. The fourth-order valence-corrected chi connectivity index (χ4v) is 3.51. The Bertz CT molecular complexity index is 546. The average Bonchev–Trinajstić information content (AvgIpc) is 2.86. The van der Waals surface area contributed by atoms with Gasteiger partial charge in [0.2, 0.25) is 0 Å². The van der Waals surface area contributed by atoms with Crippen molar-refractivity contribution in [3.05, 3.63) is 30.5 Å². The number of benzene rings is 1. The van der Waals surface area contributed by atoms with Gasteiger partial charge in [0.15, 0.2) is 0 Å². The summed E-state index contributed by atoms with van der Waals surface area (Å²) in [6.45, 7) is 3.25. The highest BCUT2D eigenvalue weighted by Crippen LogP contribution is 2.29. The van der Waals surface area contributed by atoms with Crippen LogP contribution in [0, 0.1) is 0 Å². The molecule has 20 heavy (non-hydrogen) atoms. The molecule has 1 saturated carbocycles. The van der Waals surface area contributed by atoms with E-state index in [0.29, 0.717) is 12.1 Å². The SMILES string of the molecule is CCNC1CCCCCCC1n1ncc2ccccc21. The van der Waals surface area contributed by atoms with Crippen molar-refractivity contribution in [2.24, 2.45) is 0 Å². The molecular formula is C17H25N3. The van der Waals surface area contributed by atoms with Crippen molar-refractivity contribution in [3.8, 4) is 0 Å². The summed E-state index contributed by atoms with van der Waals surface area (Å²) in [5.74, 6) is 0. The van der Waals surface area contributed by atoms with Crippen LogP contribution >= 0.6 is 0 Å². The van der Waals surface area contributed by atoms with Gasteiger partial charge in [0.05, 0.1) is 17.8 Å². The van der Waals surface area contributed by atoms with Gasteiger partial charge in [0, 0.05) is 11.4 Å². The Labute approximate surface area is 121 Å². The first kappa shape index (κ1) is 13.6. The normalized spacial score (nSPS) is 24.4. The topological polar surface area (TPSA) is 29.9 Å². The first-order chi connectivity index (χ1) is 9.90. The third kappa shape index (κ3) is 2.73. The Hall–Kier alpha value is -1.35. The molecule has 2 atom stereocenters. The van der Waals surface area contributed by atoms with Crippen molar-refractivity contribution >= 4 is 10.9 Å². The maximum Gasteiger partial charge on any atom is 0.0686 e. The zero-order valence-corrected chi connectivity index (χ0v) is 12.4. The molecule has 1 aromatic heterocycles. The van der Waals surface area contributed by atoms with E-state index in [4.69, 9.17) is 5.10 Å². The molecule has 0 saturated heterocycles. The first-order valence-electron chi connectivity index (χ1n) is 8.06. The van der Waals surface area contributed by atoms with Crippen molar-refractivity contribution in [3.63, 3.8) is 0 Å². The molecule has 0 spiro atoms. The Kier molecular flexibility index (Phi) is 4.36. The number of hydrogen-bond donors (Lipinski definition) is 1. The monoisotopic (exact) mass is 271 g/mol. The summed E-state index contributed by atoms with van der Waals surface area (Å²) in [4.78, 5) is 0. The van der Waals surface area contributed by atoms with Crippen LogP contribution < -0.4 is 5.32 Å². The highest BCUT2D eigenvalue weighted by molar-refractivity contribution is 5.78. The molecule has 3 rings (SSSR count). The smallest absolute Gasteiger partial charge is 0.0686 e. The van der Waals surface area contributed by atoms with Gasteiger partial charge in [0.1, 0.15) is 0 Å². The van der Waals surface area contributed by atoms with Gasteiger partial charge in [-0.2, -0.15) is 5.10 Å². The van der Waals surface area contributed by atoms with Crippen LogP contribution in [0.25, 0.3) is 10.9 Å². The largest absolute Gasteiger partial charge is 0.312 e. The summed E-state index contributed by atoms with van der Waals surface area (Å²) in [5, 5.41) is 9.65. The van der Waals surface area contributed by atoms with Gasteiger partial charge in [-0.3, -0.25) is 4.68 Å². The molecule has 1 aliphatic carbocycles. The van der Waals surface area contributed by atoms with E-state index in [1.54, 1.807) is 0 Å². The van der Waals surface area contributed by atoms with E-state index in [2.05, 4.69) is 41.2 Å². The van der Waals surface area contributed by atoms with E-state index in [-0.39, 0.29) is 0 Å². The van der Waals surface area contributed by atoms with Gasteiger partial charge in [-0.15, -0.1) is 0 Å². The van der Waals surface area contributed by atoms with E-state index < -0.39 is 0 Å². The fourth-order valence-electron chi connectivity index (χ4n) is 3.51. The highest BCUT2D eigenvalue weighted by Gasteiger charge is 2.25. The molecule has 108 valence electrons. The quantitative estimate of drug-likeness (QED) is 0.917. The molecule has 1 aliphatic rings. The maximum atomic E-state index is 4.70. The van der Waals surface area contributed by atoms with Gasteiger partial charge in [-0.25, -0.2) is 0 Å². The Balaban J connectivity index is 1.94. The third-order valence-electron chi connectivity index (χ3n) is 4.51. The summed E-state index contributed by atoms with van der Waals surface area (Å²) in [6, 6.07) is 9.62. The molecule has 0 amide bonds. The van der Waals surface area contributed by atoms with Crippen LogP contribution in [0.3, 0.4) is 0 Å². The van der Waals surface area contributed by atoms with Crippen LogP contribution in [0.5, 0.6) is 0 Å². The molecule has 3 heteroatoms. The van der Waals surface area contributed by atoms with Crippen molar-refractivity contribution in [1.29, 1.82) is 0 Å². The van der Waals surface area contributed by atoms with Crippen molar-refractivity contribution in [1.82, 2.24) is 15.1 Å². The summed E-state index contributed by atoms with van der Waals surface area (Å²) in [6.07, 6.45) is 9.93. The van der Waals surface area contributed by atoms with E-state index in [9.17, 15) is 0 Å². The van der Waals surface area contributed by atoms with Gasteiger partial charge < -0.3 is 5.32 Å². The number of nitrogens with zero attached hydrogens (tertiary/aromatic N) is 2. The molecule has 0 bridgehead atoms. The third-order valence-corrected chi connectivity index (χ3v) is 4.51. The van der Waals surface area contributed by atoms with Crippen LogP contribution in [0.15, 0.2) is 30.5 Å². The molecule has 3 nitrogen and oxygen atoms in total. The number of hydrogen-bond acceptors (Lipinski definition) is 2. The van der Waals surface area contributed by atoms with Crippen LogP contribution in [-0.4, -0.2) is 22.4 Å². The molecule has 2 unspecified atom stereocenters. The van der Waals surface area contributed by atoms with Gasteiger partial charge in [0.25, 0.3) is 0 Å². The second kappa shape index (κ2) is 6.40. The Morgan fingerprint density at radius 1 is 1.15 bits per heavy atom. The van der Waals surface area contributed by atoms with Gasteiger partial charge >= 0.3 is 0 Å². The lowest BCUT2D eigenvalue weighted by atomic mass is 9.92. The highest BCUT2D eigenvalue weighted by atomic mass is 15.3. The first-order valence-corrected chi connectivity index (χ1v) is 8.06. The lowest BCUT2D eigenvalue weighted by molar-refractivity contribution is 0.275. The van der Waals surface area contributed by atoms with Crippen LogP contribution in [0.4, 0.5) is 0 Å². The Morgan fingerprint density at radius 2 is 1.95 bits per heavy atom. The maximum absolute atomic E-state index is 4.70. The second-order valence-corrected chi connectivity index (χ2v) is 5.87. The van der Waals surface area contributed by atoms with E-state index >= 15 is 0 Å². The molecule has 0 aliphatic heterocycles. The number of aromatic nitrogens is 2. The summed E-state index contributed by atoms with van der Waals surface area (Å²) < 4.78 is 2.27. The van der Waals surface area contributed by atoms with Crippen molar-refractivity contribution in [2.45, 2.75) is 57.5 Å². The summed E-state index contributed by atoms with van der Waals surface area (Å²) in [5.41, 5.74) is 1.28. The predicted molar refractivity (Wildman–Crippen MR) is 83.9 cm³/mol. The van der Waals surface area contributed by atoms with E-state index in [1.807, 2.05) is 6.20 Å². The van der Waals surface area contributed by atoms with E-state index in [1.165, 1.54) is 49.4 Å². The van der Waals surface area contributed by atoms with Crippen LogP contribution in [0.2, 0.25) is 0 Å². The zero-order chi connectivity index (χ0) is 13.8. The lowest BCUT2D eigenvalue weighted by Gasteiger charge is -2.30. The molecule has 1 aromatic carbocycles. The number of rotatable bonds is 3. The average molecular weight is 271 g/mol. The van der Waals surface area contributed by atoms with E-state index in [0.717, 1.165) is 6.54 Å². The lowest BCUT2D eigenvalue weighted by Crippen LogP contribution is -2.38. The summed E-state index contributed by atoms with van der Waals surface area (Å²) in [7, 11) is 0. The molecule has 0 radical (unpaired) electrons. The number of fused-ring (bicyclic) bond motifs is 1. The minimum Gasteiger partial charge on any atom is -0.312 e. The van der Waals surface area contributed by atoms with Crippen LogP contribution in [-0.2, 0) is 0 Å². The van der Waals surface area contributed by atoms with Crippen molar-refractivity contribution < 1.29 is 0 Å². The molecular weight excluding hydrogens is 246 g/mol. The van der Waals surface area contributed by atoms with Gasteiger partial charge in [-0.05, 0) is 25.5 Å². The van der Waals surface area contributed by atoms with Gasteiger partial charge in [-0.1, -0.05) is 50.8 Å². The molecule has 1 N–H and O–H groups in total. The minimum atomic E-state index is 0.496. The zero-order valence-electron chi connectivity index (χ0n) is 12.4. The minimum absolute atomic E-state index is 0.496. The van der Waals surface area contributed by atoms with Crippen molar-refractivity contribution in [2.75, 3.05) is 6.54 Å². The molecule has 2 aromatic rings. The number of likely N-dealkylation sites (N-methyl/N-ethyl adjacent to an activating group) is 1. The number of nitrogens with one attached hydrogen (secondary N) is 1. The molecule has 1 heterocycles. The Morgan fingerprint density at radius 3 is 2.80 bits per heavy atom. The fraction of sp³-hybridized carbons (Fsp3) is 0.588. The van der Waals surface area contributed by atoms with Crippen LogP contribution in [0.1, 0.15) is 51.5 Å². The summed E-state index contributed by atoms with van der Waals surface area (Å²) >= 11 is 0.